The molecule has 0 N–H and O–H groups in total. The molecular formula is C24H24N2O2. The van der Waals surface area contributed by atoms with Gasteiger partial charge in [-0.2, -0.15) is 0 Å². The number of fused-ring (bicyclic) bond motifs is 1. The molecule has 0 fully saturated rings. The largest absolute Gasteiger partial charge is 0.497 e. The number of hydrogen-bond donors (Lipinski definition) is 0. The van der Waals surface area contributed by atoms with Crippen molar-refractivity contribution in [3.05, 3.63) is 78.4 Å². The lowest BCUT2D eigenvalue weighted by molar-refractivity contribution is 0.303. The Morgan fingerprint density at radius 1 is 0.857 bits per heavy atom. The Morgan fingerprint density at radius 3 is 2.32 bits per heavy atom. The van der Waals surface area contributed by atoms with E-state index in [1.807, 2.05) is 30.3 Å². The van der Waals surface area contributed by atoms with Crippen molar-refractivity contribution in [1.82, 2.24) is 9.55 Å². The third-order valence-electron chi connectivity index (χ3n) is 4.82. The number of benzene rings is 3. The molecule has 0 bridgehead atoms. The first kappa shape index (κ1) is 18.1. The first-order chi connectivity index (χ1) is 13.7. The minimum atomic E-state index is 0.664. The predicted molar refractivity (Wildman–Crippen MR) is 113 cm³/mol. The fourth-order valence-electron chi connectivity index (χ4n) is 3.31. The Hall–Kier alpha value is -3.27. The van der Waals surface area contributed by atoms with Crippen molar-refractivity contribution < 1.29 is 9.47 Å². The monoisotopic (exact) mass is 372 g/mol. The Balaban J connectivity index is 1.53. The lowest BCUT2D eigenvalue weighted by atomic mass is 10.2. The van der Waals surface area contributed by atoms with E-state index in [1.165, 1.54) is 5.56 Å². The summed E-state index contributed by atoms with van der Waals surface area (Å²) >= 11 is 0. The van der Waals surface area contributed by atoms with Crippen molar-refractivity contribution in [2.75, 3.05) is 13.7 Å². The molecule has 0 unspecified atom stereocenters. The van der Waals surface area contributed by atoms with Crippen LogP contribution in [0.25, 0.3) is 22.4 Å². The first-order valence-electron chi connectivity index (χ1n) is 9.54. The molecule has 1 aromatic heterocycles. The third-order valence-corrected chi connectivity index (χ3v) is 4.82. The van der Waals surface area contributed by atoms with E-state index >= 15 is 0 Å². The van der Waals surface area contributed by atoms with Gasteiger partial charge in [0.1, 0.15) is 17.3 Å². The fraction of sp³-hybridized carbons (Fsp3) is 0.208. The van der Waals surface area contributed by atoms with Gasteiger partial charge in [0, 0.05) is 12.1 Å². The van der Waals surface area contributed by atoms with Crippen LogP contribution in [0.5, 0.6) is 11.5 Å². The molecule has 142 valence electrons. The van der Waals surface area contributed by atoms with E-state index in [1.54, 1.807) is 7.11 Å². The van der Waals surface area contributed by atoms with Gasteiger partial charge in [0.25, 0.3) is 0 Å². The molecule has 4 rings (SSSR count). The number of rotatable bonds is 7. The normalized spacial score (nSPS) is 10.9. The Labute approximate surface area is 165 Å². The number of aromatic nitrogens is 2. The van der Waals surface area contributed by atoms with Gasteiger partial charge in [0.2, 0.25) is 0 Å². The molecule has 0 spiro atoms. The standard InChI is InChI=1S/C24H24N2O2/c1-18-8-12-21(13-9-18)28-17-5-16-26-23-7-4-3-6-22(23)25-24(26)19-10-14-20(27-2)15-11-19/h3-4,6-15H,5,16-17H2,1-2H3. The van der Waals surface area contributed by atoms with E-state index in [4.69, 9.17) is 14.5 Å². The highest BCUT2D eigenvalue weighted by molar-refractivity contribution is 5.80. The average Bonchev–Trinajstić information content (AvgIpc) is 3.11. The van der Waals surface area contributed by atoms with Gasteiger partial charge in [0.05, 0.1) is 24.8 Å². The van der Waals surface area contributed by atoms with Crippen LogP contribution in [0.15, 0.2) is 72.8 Å². The molecule has 0 aliphatic rings. The molecule has 1 heterocycles. The van der Waals surface area contributed by atoms with Crippen LogP contribution in [0.4, 0.5) is 0 Å². The second-order valence-corrected chi connectivity index (χ2v) is 6.82. The summed E-state index contributed by atoms with van der Waals surface area (Å²) in [5.74, 6) is 2.73. The van der Waals surface area contributed by atoms with Crippen LogP contribution in [0, 0.1) is 6.92 Å². The zero-order valence-electron chi connectivity index (χ0n) is 16.3. The Morgan fingerprint density at radius 2 is 1.57 bits per heavy atom. The Bertz CT molecular complexity index is 1050. The molecule has 4 heteroatoms. The maximum absolute atomic E-state index is 5.90. The zero-order chi connectivity index (χ0) is 19.3. The maximum Gasteiger partial charge on any atom is 0.141 e. The smallest absolute Gasteiger partial charge is 0.141 e. The van der Waals surface area contributed by atoms with Gasteiger partial charge < -0.3 is 14.0 Å². The van der Waals surface area contributed by atoms with Gasteiger partial charge in [-0.15, -0.1) is 0 Å². The molecule has 4 nitrogen and oxygen atoms in total. The molecule has 28 heavy (non-hydrogen) atoms. The van der Waals surface area contributed by atoms with Crippen LogP contribution in [0.2, 0.25) is 0 Å². The van der Waals surface area contributed by atoms with Gasteiger partial charge in [-0.3, -0.25) is 0 Å². The summed E-state index contributed by atoms with van der Waals surface area (Å²) in [7, 11) is 1.68. The summed E-state index contributed by atoms with van der Waals surface area (Å²) in [5, 5.41) is 0. The van der Waals surface area contributed by atoms with E-state index in [0.717, 1.165) is 46.9 Å². The van der Waals surface area contributed by atoms with Gasteiger partial charge >= 0.3 is 0 Å². The van der Waals surface area contributed by atoms with Crippen LogP contribution in [0.1, 0.15) is 12.0 Å². The highest BCUT2D eigenvalue weighted by Gasteiger charge is 2.12. The summed E-state index contributed by atoms with van der Waals surface area (Å²) in [5.41, 5.74) is 4.47. The highest BCUT2D eigenvalue weighted by atomic mass is 16.5. The fourth-order valence-corrected chi connectivity index (χ4v) is 3.31. The van der Waals surface area contributed by atoms with Gasteiger partial charge in [-0.1, -0.05) is 29.8 Å². The van der Waals surface area contributed by atoms with Crippen molar-refractivity contribution >= 4 is 11.0 Å². The van der Waals surface area contributed by atoms with E-state index in [2.05, 4.69) is 54.0 Å². The summed E-state index contributed by atoms with van der Waals surface area (Å²) < 4.78 is 13.4. The number of aryl methyl sites for hydroxylation is 2. The second-order valence-electron chi connectivity index (χ2n) is 6.82. The molecule has 0 saturated heterocycles. The van der Waals surface area contributed by atoms with Crippen molar-refractivity contribution in [2.24, 2.45) is 0 Å². The van der Waals surface area contributed by atoms with Crippen LogP contribution >= 0.6 is 0 Å². The van der Waals surface area contributed by atoms with Crippen molar-refractivity contribution in [3.63, 3.8) is 0 Å². The van der Waals surface area contributed by atoms with E-state index in [0.29, 0.717) is 6.61 Å². The van der Waals surface area contributed by atoms with Crippen LogP contribution in [-0.4, -0.2) is 23.3 Å². The van der Waals surface area contributed by atoms with Crippen molar-refractivity contribution in [1.29, 1.82) is 0 Å². The van der Waals surface area contributed by atoms with E-state index in [-0.39, 0.29) is 0 Å². The Kier molecular flexibility index (Phi) is 5.29. The minimum Gasteiger partial charge on any atom is -0.497 e. The van der Waals surface area contributed by atoms with Crippen molar-refractivity contribution in [2.45, 2.75) is 19.9 Å². The predicted octanol–water partition coefficient (Wildman–Crippen LogP) is 5.49. The number of ether oxygens (including phenoxy) is 2. The molecule has 0 radical (unpaired) electrons. The topological polar surface area (TPSA) is 36.3 Å². The van der Waals surface area contributed by atoms with Crippen LogP contribution in [0.3, 0.4) is 0 Å². The van der Waals surface area contributed by atoms with Crippen LogP contribution in [-0.2, 0) is 6.54 Å². The van der Waals surface area contributed by atoms with Gasteiger partial charge in [0.15, 0.2) is 0 Å². The number of para-hydroxylation sites is 2. The summed E-state index contributed by atoms with van der Waals surface area (Å²) in [6.07, 6.45) is 0.900. The molecule has 0 amide bonds. The molecule has 0 saturated carbocycles. The SMILES string of the molecule is COc1ccc(-c2nc3ccccc3n2CCCOc2ccc(C)cc2)cc1. The second kappa shape index (κ2) is 8.17. The summed E-state index contributed by atoms with van der Waals surface area (Å²) in [4.78, 5) is 4.87. The van der Waals surface area contributed by atoms with Gasteiger partial charge in [-0.25, -0.2) is 4.98 Å². The quantitative estimate of drug-likeness (QED) is 0.403. The van der Waals surface area contributed by atoms with Crippen molar-refractivity contribution in [3.8, 4) is 22.9 Å². The molecule has 0 aliphatic heterocycles. The molecule has 4 aromatic rings. The maximum atomic E-state index is 5.90. The molecule has 3 aromatic carbocycles. The van der Waals surface area contributed by atoms with E-state index < -0.39 is 0 Å². The number of imidazole rings is 1. The number of nitrogens with zero attached hydrogens (tertiary/aromatic N) is 2. The molecule has 0 aliphatic carbocycles. The summed E-state index contributed by atoms with van der Waals surface area (Å²) in [6, 6.07) is 24.5. The number of hydrogen-bond acceptors (Lipinski definition) is 3. The lowest BCUT2D eigenvalue weighted by Crippen LogP contribution is -2.06. The third kappa shape index (κ3) is 3.86. The molecular weight excluding hydrogens is 348 g/mol. The number of methoxy groups -OCH3 is 1. The zero-order valence-corrected chi connectivity index (χ0v) is 16.3. The van der Waals surface area contributed by atoms with E-state index in [9.17, 15) is 0 Å². The average molecular weight is 372 g/mol. The highest BCUT2D eigenvalue weighted by Crippen LogP contribution is 2.26. The molecule has 0 atom stereocenters. The lowest BCUT2D eigenvalue weighted by Gasteiger charge is -2.11. The summed E-state index contributed by atoms with van der Waals surface area (Å²) in [6.45, 7) is 3.58. The van der Waals surface area contributed by atoms with Gasteiger partial charge in [-0.05, 0) is 61.9 Å². The first-order valence-corrected chi connectivity index (χ1v) is 9.54. The van der Waals surface area contributed by atoms with Crippen LogP contribution < -0.4 is 9.47 Å². The minimum absolute atomic E-state index is 0.664.